The summed E-state index contributed by atoms with van der Waals surface area (Å²) in [7, 11) is 0. The maximum absolute atomic E-state index is 9.35. The largest absolute Gasteiger partial charge is 0.395 e. The third-order valence-electron chi connectivity index (χ3n) is 4.17. The van der Waals surface area contributed by atoms with Gasteiger partial charge in [-0.05, 0) is 38.1 Å². The maximum atomic E-state index is 9.35. The Labute approximate surface area is 119 Å². The van der Waals surface area contributed by atoms with Crippen LogP contribution in [0.15, 0.2) is 18.3 Å². The van der Waals surface area contributed by atoms with Gasteiger partial charge in [0, 0.05) is 12.7 Å². The van der Waals surface area contributed by atoms with Crippen LogP contribution in [0.1, 0.15) is 38.1 Å². The number of piperidine rings is 1. The maximum Gasteiger partial charge on any atom is 0.160 e. The van der Waals surface area contributed by atoms with Gasteiger partial charge in [-0.1, -0.05) is 13.3 Å². The van der Waals surface area contributed by atoms with Crippen LogP contribution in [-0.4, -0.2) is 44.2 Å². The lowest BCUT2D eigenvalue weighted by molar-refractivity contribution is 0.145. The van der Waals surface area contributed by atoms with E-state index in [9.17, 15) is 5.11 Å². The van der Waals surface area contributed by atoms with E-state index >= 15 is 0 Å². The van der Waals surface area contributed by atoms with Gasteiger partial charge in [-0.25, -0.2) is 9.97 Å². The first kappa shape index (κ1) is 13.5. The number of aromatic nitrogens is 3. The summed E-state index contributed by atoms with van der Waals surface area (Å²) in [6.07, 6.45) is 5.45. The van der Waals surface area contributed by atoms with Gasteiger partial charge in [-0.15, -0.1) is 0 Å². The standard InChI is InChI=1S/C15H22N4O/c1-2-18-9-4-3-7-13(18)15-17-12-6-5-8-16-14(12)19(15)10-11-20/h5-6,8,13,20H,2-4,7,9-11H2,1H3. The van der Waals surface area contributed by atoms with Crippen molar-refractivity contribution in [3.05, 3.63) is 24.2 Å². The number of aliphatic hydroxyl groups excluding tert-OH is 1. The Morgan fingerprint density at radius 1 is 1.40 bits per heavy atom. The molecule has 3 rings (SSSR count). The number of hydrogen-bond acceptors (Lipinski definition) is 4. The summed E-state index contributed by atoms with van der Waals surface area (Å²) in [6, 6.07) is 4.27. The van der Waals surface area contributed by atoms with E-state index in [4.69, 9.17) is 4.98 Å². The molecule has 1 unspecified atom stereocenters. The summed E-state index contributed by atoms with van der Waals surface area (Å²) in [6.45, 7) is 5.07. The molecular formula is C15H22N4O. The number of likely N-dealkylation sites (tertiary alicyclic amines) is 1. The van der Waals surface area contributed by atoms with Crippen molar-refractivity contribution in [1.29, 1.82) is 0 Å². The van der Waals surface area contributed by atoms with Crippen molar-refractivity contribution in [3.63, 3.8) is 0 Å². The lowest BCUT2D eigenvalue weighted by Crippen LogP contribution is -2.35. The highest BCUT2D eigenvalue weighted by atomic mass is 16.3. The van der Waals surface area contributed by atoms with Gasteiger partial charge in [-0.3, -0.25) is 4.90 Å². The lowest BCUT2D eigenvalue weighted by atomic mass is 10.0. The third-order valence-corrected chi connectivity index (χ3v) is 4.17. The van der Waals surface area contributed by atoms with Gasteiger partial charge in [0.25, 0.3) is 0 Å². The van der Waals surface area contributed by atoms with Crippen molar-refractivity contribution in [3.8, 4) is 0 Å². The average molecular weight is 274 g/mol. The Morgan fingerprint density at radius 2 is 2.30 bits per heavy atom. The summed E-state index contributed by atoms with van der Waals surface area (Å²) in [5.74, 6) is 1.06. The summed E-state index contributed by atoms with van der Waals surface area (Å²) < 4.78 is 2.09. The fraction of sp³-hybridized carbons (Fsp3) is 0.600. The number of rotatable bonds is 4. The highest BCUT2D eigenvalue weighted by Gasteiger charge is 2.27. The lowest BCUT2D eigenvalue weighted by Gasteiger charge is -2.34. The fourth-order valence-corrected chi connectivity index (χ4v) is 3.21. The molecule has 0 radical (unpaired) electrons. The van der Waals surface area contributed by atoms with Crippen LogP contribution in [0.25, 0.3) is 11.2 Å². The number of fused-ring (bicyclic) bond motifs is 1. The molecule has 5 heteroatoms. The number of nitrogens with zero attached hydrogens (tertiary/aromatic N) is 4. The van der Waals surface area contributed by atoms with Crippen molar-refractivity contribution < 1.29 is 5.11 Å². The second-order valence-electron chi connectivity index (χ2n) is 5.33. The Hall–Kier alpha value is -1.46. The molecule has 2 aromatic rings. The molecule has 3 heterocycles. The number of imidazole rings is 1. The second-order valence-corrected chi connectivity index (χ2v) is 5.33. The average Bonchev–Trinajstić information content (AvgIpc) is 2.86. The van der Waals surface area contributed by atoms with Gasteiger partial charge in [0.2, 0.25) is 0 Å². The molecule has 5 nitrogen and oxygen atoms in total. The molecule has 1 aliphatic rings. The van der Waals surface area contributed by atoms with Gasteiger partial charge in [0.05, 0.1) is 12.6 Å². The van der Waals surface area contributed by atoms with E-state index in [0.29, 0.717) is 12.6 Å². The van der Waals surface area contributed by atoms with Crippen molar-refractivity contribution in [1.82, 2.24) is 19.4 Å². The Bertz CT molecular complexity index is 580. The molecular weight excluding hydrogens is 252 g/mol. The predicted molar refractivity (Wildman–Crippen MR) is 78.5 cm³/mol. The Balaban J connectivity index is 2.06. The van der Waals surface area contributed by atoms with Crippen LogP contribution >= 0.6 is 0 Å². The zero-order valence-electron chi connectivity index (χ0n) is 12.0. The first-order chi connectivity index (χ1) is 9.85. The molecule has 1 N–H and O–H groups in total. The molecule has 0 aromatic carbocycles. The first-order valence-corrected chi connectivity index (χ1v) is 7.51. The highest BCUT2D eigenvalue weighted by molar-refractivity contribution is 5.71. The summed E-state index contributed by atoms with van der Waals surface area (Å²) in [5.41, 5.74) is 1.82. The van der Waals surface area contributed by atoms with Crippen LogP contribution in [0.4, 0.5) is 0 Å². The van der Waals surface area contributed by atoms with E-state index < -0.39 is 0 Å². The molecule has 0 saturated carbocycles. The van der Waals surface area contributed by atoms with E-state index in [1.807, 2.05) is 12.1 Å². The predicted octanol–water partition coefficient (Wildman–Crippen LogP) is 1.97. The molecule has 0 bridgehead atoms. The van der Waals surface area contributed by atoms with Gasteiger partial charge >= 0.3 is 0 Å². The topological polar surface area (TPSA) is 54.2 Å². The quantitative estimate of drug-likeness (QED) is 0.926. The number of hydrogen-bond donors (Lipinski definition) is 1. The van der Waals surface area contributed by atoms with Crippen LogP contribution < -0.4 is 0 Å². The van der Waals surface area contributed by atoms with E-state index in [2.05, 4.69) is 21.4 Å². The van der Waals surface area contributed by atoms with Crippen LogP contribution in [0.2, 0.25) is 0 Å². The Morgan fingerprint density at radius 3 is 3.10 bits per heavy atom. The summed E-state index contributed by atoms with van der Waals surface area (Å²) in [4.78, 5) is 11.7. The molecule has 0 aliphatic carbocycles. The number of pyridine rings is 1. The molecule has 0 amide bonds. The second kappa shape index (κ2) is 5.89. The molecule has 1 atom stereocenters. The molecule has 20 heavy (non-hydrogen) atoms. The summed E-state index contributed by atoms with van der Waals surface area (Å²) >= 11 is 0. The summed E-state index contributed by atoms with van der Waals surface area (Å²) in [5, 5.41) is 9.35. The van der Waals surface area contributed by atoms with Gasteiger partial charge in [-0.2, -0.15) is 0 Å². The molecule has 1 saturated heterocycles. The van der Waals surface area contributed by atoms with Crippen molar-refractivity contribution in [2.75, 3.05) is 19.7 Å². The van der Waals surface area contributed by atoms with Crippen molar-refractivity contribution >= 4 is 11.2 Å². The van der Waals surface area contributed by atoms with Crippen LogP contribution in [0.3, 0.4) is 0 Å². The molecule has 108 valence electrons. The minimum absolute atomic E-state index is 0.119. The van der Waals surface area contributed by atoms with E-state index in [-0.39, 0.29) is 6.61 Å². The van der Waals surface area contributed by atoms with Crippen molar-refractivity contribution in [2.24, 2.45) is 0 Å². The number of aliphatic hydroxyl groups is 1. The van der Waals surface area contributed by atoms with E-state index in [0.717, 1.165) is 36.5 Å². The minimum Gasteiger partial charge on any atom is -0.395 e. The Kier molecular flexibility index (Phi) is 3.98. The van der Waals surface area contributed by atoms with Gasteiger partial charge in [0.1, 0.15) is 11.3 Å². The van der Waals surface area contributed by atoms with Gasteiger partial charge < -0.3 is 9.67 Å². The molecule has 1 aliphatic heterocycles. The zero-order valence-corrected chi connectivity index (χ0v) is 12.0. The normalized spacial score (nSPS) is 20.6. The van der Waals surface area contributed by atoms with E-state index in [1.54, 1.807) is 6.20 Å². The monoisotopic (exact) mass is 274 g/mol. The smallest absolute Gasteiger partial charge is 0.160 e. The highest BCUT2D eigenvalue weighted by Crippen LogP contribution is 2.31. The molecule has 0 spiro atoms. The SMILES string of the molecule is CCN1CCCCC1c1nc2cccnc2n1CCO. The minimum atomic E-state index is 0.119. The fourth-order valence-electron chi connectivity index (χ4n) is 3.21. The first-order valence-electron chi connectivity index (χ1n) is 7.51. The molecule has 2 aromatic heterocycles. The molecule has 1 fully saturated rings. The zero-order chi connectivity index (χ0) is 13.9. The van der Waals surface area contributed by atoms with E-state index in [1.165, 1.54) is 12.8 Å². The third kappa shape index (κ3) is 2.31. The van der Waals surface area contributed by atoms with Gasteiger partial charge in [0.15, 0.2) is 5.65 Å². The van der Waals surface area contributed by atoms with Crippen LogP contribution in [-0.2, 0) is 6.54 Å². The van der Waals surface area contributed by atoms with Crippen LogP contribution in [0, 0.1) is 0 Å². The van der Waals surface area contributed by atoms with Crippen LogP contribution in [0.5, 0.6) is 0 Å². The van der Waals surface area contributed by atoms with Crippen molar-refractivity contribution in [2.45, 2.75) is 38.8 Å².